The first-order valence-corrected chi connectivity index (χ1v) is 5.61. The number of hydrogen-bond acceptors (Lipinski definition) is 2. The molecule has 0 aliphatic heterocycles. The number of aromatic nitrogens is 2. The SMILES string of the molecule is CC1CCC(c2nccnc2Cl)CC1. The minimum absolute atomic E-state index is 0.535. The molecule has 1 saturated carbocycles. The van der Waals surface area contributed by atoms with E-state index in [2.05, 4.69) is 16.9 Å². The number of hydrogen-bond donors (Lipinski definition) is 0. The maximum Gasteiger partial charge on any atom is 0.150 e. The van der Waals surface area contributed by atoms with E-state index in [4.69, 9.17) is 11.6 Å². The van der Waals surface area contributed by atoms with Crippen LogP contribution in [0.15, 0.2) is 12.4 Å². The fraction of sp³-hybridized carbons (Fsp3) is 0.636. The Labute approximate surface area is 89.7 Å². The summed E-state index contributed by atoms with van der Waals surface area (Å²) in [6.07, 6.45) is 8.38. The zero-order valence-electron chi connectivity index (χ0n) is 8.41. The van der Waals surface area contributed by atoms with E-state index in [-0.39, 0.29) is 0 Å². The van der Waals surface area contributed by atoms with Gasteiger partial charge in [0.15, 0.2) is 5.15 Å². The largest absolute Gasteiger partial charge is 0.256 e. The van der Waals surface area contributed by atoms with Gasteiger partial charge in [-0.3, -0.25) is 4.98 Å². The quantitative estimate of drug-likeness (QED) is 0.710. The van der Waals surface area contributed by atoms with Crippen molar-refractivity contribution in [3.63, 3.8) is 0 Å². The average molecular weight is 211 g/mol. The first-order chi connectivity index (χ1) is 6.77. The van der Waals surface area contributed by atoms with Crippen LogP contribution in [0.4, 0.5) is 0 Å². The molecule has 0 bridgehead atoms. The first-order valence-electron chi connectivity index (χ1n) is 5.23. The van der Waals surface area contributed by atoms with Crippen molar-refractivity contribution >= 4 is 11.6 Å². The van der Waals surface area contributed by atoms with Crippen LogP contribution in [0.2, 0.25) is 5.15 Å². The molecule has 0 spiro atoms. The van der Waals surface area contributed by atoms with Crippen molar-refractivity contribution in [2.45, 2.75) is 38.5 Å². The fourth-order valence-corrected chi connectivity index (χ4v) is 2.40. The van der Waals surface area contributed by atoms with Gasteiger partial charge in [-0.1, -0.05) is 31.4 Å². The van der Waals surface area contributed by atoms with Gasteiger partial charge in [0.25, 0.3) is 0 Å². The number of halogens is 1. The van der Waals surface area contributed by atoms with E-state index in [1.807, 2.05) is 0 Å². The molecule has 2 rings (SSSR count). The average Bonchev–Trinajstić information content (AvgIpc) is 2.20. The van der Waals surface area contributed by atoms with E-state index in [0.717, 1.165) is 11.6 Å². The van der Waals surface area contributed by atoms with Crippen LogP contribution in [0.1, 0.15) is 44.2 Å². The summed E-state index contributed by atoms with van der Waals surface area (Å²) >= 11 is 6.02. The smallest absolute Gasteiger partial charge is 0.150 e. The topological polar surface area (TPSA) is 25.8 Å². The molecule has 0 amide bonds. The molecule has 1 aromatic rings. The third kappa shape index (κ3) is 2.06. The molecule has 0 radical (unpaired) electrons. The van der Waals surface area contributed by atoms with Crippen LogP contribution in [-0.4, -0.2) is 9.97 Å². The number of rotatable bonds is 1. The van der Waals surface area contributed by atoms with Crippen molar-refractivity contribution in [3.8, 4) is 0 Å². The highest BCUT2D eigenvalue weighted by atomic mass is 35.5. The summed E-state index contributed by atoms with van der Waals surface area (Å²) in [4.78, 5) is 8.41. The predicted octanol–water partition coefficient (Wildman–Crippen LogP) is 3.42. The standard InChI is InChI=1S/C11H15ClN2/c1-8-2-4-9(5-3-8)10-11(12)14-7-6-13-10/h6-9H,2-5H2,1H3. The molecule has 3 heteroatoms. The molecule has 0 aromatic carbocycles. The van der Waals surface area contributed by atoms with Crippen molar-refractivity contribution in [1.82, 2.24) is 9.97 Å². The van der Waals surface area contributed by atoms with Crippen LogP contribution in [0.25, 0.3) is 0 Å². The molecule has 1 aromatic heterocycles. The third-order valence-corrected chi connectivity index (χ3v) is 3.37. The Morgan fingerprint density at radius 1 is 1.14 bits per heavy atom. The van der Waals surface area contributed by atoms with Crippen LogP contribution >= 0.6 is 11.6 Å². The van der Waals surface area contributed by atoms with Crippen LogP contribution in [-0.2, 0) is 0 Å². The highest BCUT2D eigenvalue weighted by Crippen LogP contribution is 2.36. The van der Waals surface area contributed by atoms with Crippen molar-refractivity contribution in [2.75, 3.05) is 0 Å². The minimum Gasteiger partial charge on any atom is -0.256 e. The second kappa shape index (κ2) is 4.26. The lowest BCUT2D eigenvalue weighted by atomic mass is 9.81. The Balaban J connectivity index is 2.12. The lowest BCUT2D eigenvalue weighted by Gasteiger charge is -2.25. The van der Waals surface area contributed by atoms with Gasteiger partial charge >= 0.3 is 0 Å². The molecule has 0 unspecified atom stereocenters. The molecule has 14 heavy (non-hydrogen) atoms. The van der Waals surface area contributed by atoms with E-state index in [1.165, 1.54) is 25.7 Å². The Bertz CT molecular complexity index is 306. The predicted molar refractivity (Wildman–Crippen MR) is 57.4 cm³/mol. The lowest BCUT2D eigenvalue weighted by Crippen LogP contribution is -2.12. The minimum atomic E-state index is 0.535. The molecular formula is C11H15ClN2. The molecule has 1 aliphatic rings. The Morgan fingerprint density at radius 2 is 1.79 bits per heavy atom. The summed E-state index contributed by atoms with van der Waals surface area (Å²) in [5.74, 6) is 1.40. The van der Waals surface area contributed by atoms with Crippen LogP contribution in [0.3, 0.4) is 0 Å². The summed E-state index contributed by atoms with van der Waals surface area (Å²) in [6, 6.07) is 0. The van der Waals surface area contributed by atoms with Gasteiger partial charge in [0.1, 0.15) is 0 Å². The van der Waals surface area contributed by atoms with E-state index in [0.29, 0.717) is 11.1 Å². The van der Waals surface area contributed by atoms with E-state index in [1.54, 1.807) is 12.4 Å². The molecule has 0 atom stereocenters. The molecular weight excluding hydrogens is 196 g/mol. The number of nitrogens with zero attached hydrogens (tertiary/aromatic N) is 2. The van der Waals surface area contributed by atoms with Gasteiger partial charge in [-0.15, -0.1) is 0 Å². The normalized spacial score (nSPS) is 27.6. The zero-order valence-corrected chi connectivity index (χ0v) is 9.17. The maximum absolute atomic E-state index is 6.02. The van der Waals surface area contributed by atoms with Crippen molar-refractivity contribution < 1.29 is 0 Å². The monoisotopic (exact) mass is 210 g/mol. The zero-order chi connectivity index (χ0) is 9.97. The van der Waals surface area contributed by atoms with Crippen LogP contribution in [0, 0.1) is 5.92 Å². The molecule has 76 valence electrons. The molecule has 1 heterocycles. The van der Waals surface area contributed by atoms with Crippen molar-refractivity contribution in [2.24, 2.45) is 5.92 Å². The summed E-state index contributed by atoms with van der Waals surface area (Å²) in [7, 11) is 0. The summed E-state index contributed by atoms with van der Waals surface area (Å²) < 4.78 is 0. The van der Waals surface area contributed by atoms with Gasteiger partial charge < -0.3 is 0 Å². The van der Waals surface area contributed by atoms with Crippen LogP contribution < -0.4 is 0 Å². The van der Waals surface area contributed by atoms with E-state index < -0.39 is 0 Å². The summed E-state index contributed by atoms with van der Waals surface area (Å²) in [5.41, 5.74) is 1.00. The molecule has 1 aliphatic carbocycles. The van der Waals surface area contributed by atoms with Gasteiger partial charge in [0.2, 0.25) is 0 Å². The van der Waals surface area contributed by atoms with Gasteiger partial charge in [-0.25, -0.2) is 4.98 Å². The highest BCUT2D eigenvalue weighted by molar-refractivity contribution is 6.30. The third-order valence-electron chi connectivity index (χ3n) is 3.08. The Kier molecular flexibility index (Phi) is 3.02. The van der Waals surface area contributed by atoms with Gasteiger partial charge in [-0.2, -0.15) is 0 Å². The Hall–Kier alpha value is -0.630. The van der Waals surface area contributed by atoms with Gasteiger partial charge in [-0.05, 0) is 18.8 Å². The molecule has 0 saturated heterocycles. The molecule has 0 N–H and O–H groups in total. The summed E-state index contributed by atoms with van der Waals surface area (Å²) in [6.45, 7) is 2.31. The fourth-order valence-electron chi connectivity index (χ4n) is 2.14. The maximum atomic E-state index is 6.02. The van der Waals surface area contributed by atoms with Crippen LogP contribution in [0.5, 0.6) is 0 Å². The lowest BCUT2D eigenvalue weighted by molar-refractivity contribution is 0.343. The van der Waals surface area contributed by atoms with Crippen molar-refractivity contribution in [3.05, 3.63) is 23.2 Å². The van der Waals surface area contributed by atoms with E-state index in [9.17, 15) is 0 Å². The second-order valence-electron chi connectivity index (χ2n) is 4.19. The van der Waals surface area contributed by atoms with E-state index >= 15 is 0 Å². The first kappa shape index (κ1) is 9.91. The van der Waals surface area contributed by atoms with Gasteiger partial charge in [0.05, 0.1) is 5.69 Å². The molecule has 1 fully saturated rings. The van der Waals surface area contributed by atoms with Crippen molar-refractivity contribution in [1.29, 1.82) is 0 Å². The Morgan fingerprint density at radius 3 is 2.43 bits per heavy atom. The summed E-state index contributed by atoms with van der Waals surface area (Å²) in [5, 5.41) is 0.590. The van der Waals surface area contributed by atoms with Gasteiger partial charge in [0, 0.05) is 18.3 Å². The molecule has 2 nitrogen and oxygen atoms in total. The highest BCUT2D eigenvalue weighted by Gasteiger charge is 2.22. The second-order valence-corrected chi connectivity index (χ2v) is 4.55.